The summed E-state index contributed by atoms with van der Waals surface area (Å²) in [7, 11) is 0. The molecule has 0 saturated carbocycles. The Bertz CT molecular complexity index is 1520. The lowest BCUT2D eigenvalue weighted by Crippen LogP contribution is -2.38. The predicted molar refractivity (Wildman–Crippen MR) is 155 cm³/mol. The molecular formula is C32H30F3N3O2S. The summed E-state index contributed by atoms with van der Waals surface area (Å²) in [4.78, 5) is 32.6. The normalized spacial score (nSPS) is 14.3. The van der Waals surface area contributed by atoms with E-state index in [2.05, 4.69) is 24.1 Å². The van der Waals surface area contributed by atoms with Gasteiger partial charge in [-0.05, 0) is 65.8 Å². The molecule has 1 saturated heterocycles. The van der Waals surface area contributed by atoms with E-state index < -0.39 is 11.7 Å². The van der Waals surface area contributed by atoms with Gasteiger partial charge in [-0.3, -0.25) is 9.59 Å². The minimum Gasteiger partial charge on any atom is -0.339 e. The molecule has 1 N–H and O–H groups in total. The molecule has 2 heterocycles. The van der Waals surface area contributed by atoms with E-state index in [0.717, 1.165) is 22.8 Å². The summed E-state index contributed by atoms with van der Waals surface area (Å²) < 4.78 is 39.0. The minimum absolute atomic E-state index is 0.140. The number of carbonyl (C=O) groups excluding carboxylic acids is 2. The Kier molecular flexibility index (Phi) is 8.26. The van der Waals surface area contributed by atoms with Gasteiger partial charge in [0.15, 0.2) is 0 Å². The standard InChI is InChI=1S/C32H30F3N3O2S/c1-20(2)21-9-13-25(14-10-21)36-29(39)28-19-41-30(37-28)23-15-17-38(18-16-23)31(40)27-6-4-3-5-26(27)22-7-11-24(12-8-22)32(33,34)35/h3-14,19-20,23H,15-18H2,1-2H3,(H,36,39). The number of carbonyl (C=O) groups is 2. The van der Waals surface area contributed by atoms with Gasteiger partial charge in [0.25, 0.3) is 11.8 Å². The molecule has 0 atom stereocenters. The van der Waals surface area contributed by atoms with Crippen LogP contribution in [-0.2, 0) is 6.18 Å². The number of anilines is 1. The van der Waals surface area contributed by atoms with Gasteiger partial charge in [-0.15, -0.1) is 11.3 Å². The van der Waals surface area contributed by atoms with Crippen LogP contribution in [0.1, 0.15) is 75.5 Å². The molecule has 0 radical (unpaired) electrons. The Labute approximate surface area is 241 Å². The first kappa shape index (κ1) is 28.5. The van der Waals surface area contributed by atoms with Crippen LogP contribution < -0.4 is 5.32 Å². The van der Waals surface area contributed by atoms with Crippen LogP contribution in [-0.4, -0.2) is 34.8 Å². The van der Waals surface area contributed by atoms with Crippen molar-refractivity contribution >= 4 is 28.8 Å². The number of alkyl halides is 3. The third-order valence-electron chi connectivity index (χ3n) is 7.40. The van der Waals surface area contributed by atoms with E-state index in [1.807, 2.05) is 24.3 Å². The Hall–Kier alpha value is -3.98. The van der Waals surface area contributed by atoms with Gasteiger partial charge >= 0.3 is 6.18 Å². The van der Waals surface area contributed by atoms with Crippen LogP contribution in [0.15, 0.2) is 78.2 Å². The molecule has 9 heteroatoms. The molecule has 2 amide bonds. The van der Waals surface area contributed by atoms with Crippen molar-refractivity contribution in [3.05, 3.63) is 106 Å². The Morgan fingerprint density at radius 3 is 2.24 bits per heavy atom. The van der Waals surface area contributed by atoms with Crippen LogP contribution in [0.25, 0.3) is 11.1 Å². The molecule has 5 nitrogen and oxygen atoms in total. The molecule has 5 rings (SSSR count). The zero-order valence-electron chi connectivity index (χ0n) is 22.7. The maximum Gasteiger partial charge on any atom is 0.416 e. The van der Waals surface area contributed by atoms with Gasteiger partial charge in [-0.25, -0.2) is 4.98 Å². The number of likely N-dealkylation sites (tertiary alicyclic amines) is 1. The number of benzene rings is 3. The summed E-state index contributed by atoms with van der Waals surface area (Å²) in [6, 6.07) is 19.7. The van der Waals surface area contributed by atoms with Crippen molar-refractivity contribution in [1.29, 1.82) is 0 Å². The average molecular weight is 578 g/mol. The number of hydrogen-bond acceptors (Lipinski definition) is 4. The molecule has 1 aliphatic heterocycles. The van der Waals surface area contributed by atoms with E-state index in [0.29, 0.717) is 54.2 Å². The van der Waals surface area contributed by atoms with Crippen molar-refractivity contribution in [1.82, 2.24) is 9.88 Å². The van der Waals surface area contributed by atoms with E-state index in [-0.39, 0.29) is 17.7 Å². The summed E-state index contributed by atoms with van der Waals surface area (Å²) in [6.45, 7) is 5.28. The second-order valence-corrected chi connectivity index (χ2v) is 11.4. The van der Waals surface area contributed by atoms with Crippen molar-refractivity contribution in [2.45, 2.75) is 44.7 Å². The molecule has 3 aromatic carbocycles. The number of amides is 2. The maximum absolute atomic E-state index is 13.5. The molecule has 1 aromatic heterocycles. The monoisotopic (exact) mass is 577 g/mol. The van der Waals surface area contributed by atoms with Crippen LogP contribution in [0.3, 0.4) is 0 Å². The number of rotatable bonds is 6. The fraction of sp³-hybridized carbons (Fsp3) is 0.281. The van der Waals surface area contributed by atoms with Gasteiger partial charge in [-0.1, -0.05) is 56.3 Å². The van der Waals surface area contributed by atoms with E-state index in [4.69, 9.17) is 0 Å². The third-order valence-corrected chi connectivity index (χ3v) is 8.41. The second-order valence-electron chi connectivity index (χ2n) is 10.5. The maximum atomic E-state index is 13.5. The lowest BCUT2D eigenvalue weighted by atomic mass is 9.94. The van der Waals surface area contributed by atoms with E-state index in [1.54, 1.807) is 34.5 Å². The first-order valence-corrected chi connectivity index (χ1v) is 14.4. The molecule has 0 bridgehead atoms. The Morgan fingerprint density at radius 2 is 1.61 bits per heavy atom. The number of piperidine rings is 1. The molecular weight excluding hydrogens is 547 g/mol. The van der Waals surface area contributed by atoms with Crippen molar-refractivity contribution < 1.29 is 22.8 Å². The van der Waals surface area contributed by atoms with Gasteiger partial charge < -0.3 is 10.2 Å². The average Bonchev–Trinajstić information content (AvgIpc) is 3.48. The predicted octanol–water partition coefficient (Wildman–Crippen LogP) is 8.22. The largest absolute Gasteiger partial charge is 0.416 e. The summed E-state index contributed by atoms with van der Waals surface area (Å²) in [5.41, 5.74) is 3.19. The zero-order chi connectivity index (χ0) is 29.1. The highest BCUT2D eigenvalue weighted by atomic mass is 32.1. The summed E-state index contributed by atoms with van der Waals surface area (Å²) >= 11 is 1.45. The van der Waals surface area contributed by atoms with E-state index in [1.165, 1.54) is 29.0 Å². The topological polar surface area (TPSA) is 62.3 Å². The molecule has 1 fully saturated rings. The van der Waals surface area contributed by atoms with Crippen molar-refractivity contribution in [3.63, 3.8) is 0 Å². The van der Waals surface area contributed by atoms with Gasteiger partial charge in [-0.2, -0.15) is 13.2 Å². The molecule has 0 unspecified atom stereocenters. The number of nitrogens with one attached hydrogen (secondary N) is 1. The molecule has 4 aromatic rings. The third kappa shape index (κ3) is 6.51. The minimum atomic E-state index is -4.42. The highest BCUT2D eigenvalue weighted by molar-refractivity contribution is 7.10. The fourth-order valence-corrected chi connectivity index (χ4v) is 5.96. The second kappa shape index (κ2) is 11.9. The van der Waals surface area contributed by atoms with Crippen LogP contribution >= 0.6 is 11.3 Å². The number of aromatic nitrogens is 1. The first-order valence-electron chi connectivity index (χ1n) is 13.5. The SMILES string of the molecule is CC(C)c1ccc(NC(=O)c2csc(C3CCN(C(=O)c4ccccc4-c4ccc(C(F)(F)F)cc4)CC3)n2)cc1. The molecule has 1 aliphatic rings. The number of nitrogens with zero attached hydrogens (tertiary/aromatic N) is 2. The van der Waals surface area contributed by atoms with Crippen molar-refractivity contribution in [2.75, 3.05) is 18.4 Å². The molecule has 0 aliphatic carbocycles. The Morgan fingerprint density at radius 1 is 0.951 bits per heavy atom. The van der Waals surface area contributed by atoms with Gasteiger partial charge in [0, 0.05) is 35.6 Å². The quantitative estimate of drug-likeness (QED) is 0.251. The number of hydrogen-bond donors (Lipinski definition) is 1. The highest BCUT2D eigenvalue weighted by Gasteiger charge is 2.31. The molecule has 212 valence electrons. The smallest absolute Gasteiger partial charge is 0.339 e. The lowest BCUT2D eigenvalue weighted by Gasteiger charge is -2.31. The summed E-state index contributed by atoms with van der Waals surface area (Å²) in [6.07, 6.45) is -3.00. The fourth-order valence-electron chi connectivity index (χ4n) is 4.99. The zero-order valence-corrected chi connectivity index (χ0v) is 23.6. The van der Waals surface area contributed by atoms with Crippen LogP contribution in [0.4, 0.5) is 18.9 Å². The molecule has 41 heavy (non-hydrogen) atoms. The van der Waals surface area contributed by atoms with E-state index >= 15 is 0 Å². The molecule has 0 spiro atoms. The lowest BCUT2D eigenvalue weighted by molar-refractivity contribution is -0.137. The number of thiazole rings is 1. The highest BCUT2D eigenvalue weighted by Crippen LogP contribution is 2.34. The van der Waals surface area contributed by atoms with Crippen molar-refractivity contribution in [2.24, 2.45) is 0 Å². The van der Waals surface area contributed by atoms with Gasteiger partial charge in [0.2, 0.25) is 0 Å². The van der Waals surface area contributed by atoms with Crippen molar-refractivity contribution in [3.8, 4) is 11.1 Å². The van der Waals surface area contributed by atoms with Gasteiger partial charge in [0.05, 0.1) is 10.6 Å². The Balaban J connectivity index is 1.21. The van der Waals surface area contributed by atoms with Crippen LogP contribution in [0.2, 0.25) is 0 Å². The first-order chi connectivity index (χ1) is 19.6. The summed E-state index contributed by atoms with van der Waals surface area (Å²) in [5.74, 6) is 0.149. The number of halogens is 3. The van der Waals surface area contributed by atoms with E-state index in [9.17, 15) is 22.8 Å². The van der Waals surface area contributed by atoms with Crippen LogP contribution in [0.5, 0.6) is 0 Å². The summed E-state index contributed by atoms with van der Waals surface area (Å²) in [5, 5.41) is 5.55. The van der Waals surface area contributed by atoms with Gasteiger partial charge in [0.1, 0.15) is 5.69 Å². The van der Waals surface area contributed by atoms with Crippen LogP contribution in [0, 0.1) is 0 Å².